The number of aryl methyl sites for hydroxylation is 1. The molecule has 0 aromatic carbocycles. The van der Waals surface area contributed by atoms with E-state index in [9.17, 15) is 0 Å². The molecule has 1 aliphatic rings. The number of halogens is 1. The van der Waals surface area contributed by atoms with Gasteiger partial charge in [0.1, 0.15) is 5.82 Å². The molecule has 1 fully saturated rings. The van der Waals surface area contributed by atoms with Crippen LogP contribution in [0.2, 0.25) is 0 Å². The van der Waals surface area contributed by atoms with E-state index in [0.717, 1.165) is 24.6 Å². The van der Waals surface area contributed by atoms with E-state index in [0.29, 0.717) is 0 Å². The summed E-state index contributed by atoms with van der Waals surface area (Å²) in [7, 11) is 0. The van der Waals surface area contributed by atoms with Crippen LogP contribution in [0.1, 0.15) is 19.5 Å². The van der Waals surface area contributed by atoms with Gasteiger partial charge in [-0.2, -0.15) is 0 Å². The Morgan fingerprint density at radius 3 is 2.73 bits per heavy atom. The summed E-state index contributed by atoms with van der Waals surface area (Å²) < 4.78 is 0. The quantitative estimate of drug-likeness (QED) is 0.682. The van der Waals surface area contributed by atoms with Crippen molar-refractivity contribution in [2.45, 2.75) is 26.1 Å². The zero-order valence-electron chi connectivity index (χ0n) is 9.50. The van der Waals surface area contributed by atoms with Crippen molar-refractivity contribution < 1.29 is 0 Å². The predicted octanol–water partition coefficient (Wildman–Crippen LogP) is 2.84. The zero-order valence-corrected chi connectivity index (χ0v) is 10.3. The summed E-state index contributed by atoms with van der Waals surface area (Å²) in [5.41, 5.74) is 1.23. The number of rotatable bonds is 1. The average molecular weight is 225 g/mol. The molecular weight excluding hydrogens is 208 g/mol. The highest BCUT2D eigenvalue weighted by molar-refractivity contribution is 6.21. The van der Waals surface area contributed by atoms with Crippen molar-refractivity contribution in [3.8, 4) is 0 Å². The van der Waals surface area contributed by atoms with Gasteiger partial charge in [0.15, 0.2) is 0 Å². The Kier molecular flexibility index (Phi) is 2.63. The lowest BCUT2D eigenvalue weighted by Gasteiger charge is -2.21. The van der Waals surface area contributed by atoms with Gasteiger partial charge in [0, 0.05) is 24.2 Å². The average Bonchev–Trinajstić information content (AvgIpc) is 2.42. The van der Waals surface area contributed by atoms with Crippen LogP contribution in [0.3, 0.4) is 0 Å². The van der Waals surface area contributed by atoms with Crippen LogP contribution in [0, 0.1) is 12.3 Å². The van der Waals surface area contributed by atoms with Gasteiger partial charge in [0.2, 0.25) is 0 Å². The Bertz CT molecular complexity index is 362. The SMILES string of the molecule is Cc1cccc(N2CC(Cl)C(C)(C)C2)n1. The first-order chi connectivity index (χ1) is 6.99. The molecular formula is C12H17ClN2. The highest BCUT2D eigenvalue weighted by Crippen LogP contribution is 2.35. The molecule has 2 rings (SSSR count). The number of nitrogens with zero attached hydrogens (tertiary/aromatic N) is 2. The van der Waals surface area contributed by atoms with E-state index in [1.807, 2.05) is 19.1 Å². The van der Waals surface area contributed by atoms with Gasteiger partial charge in [-0.15, -0.1) is 11.6 Å². The van der Waals surface area contributed by atoms with Crippen LogP contribution in [0.15, 0.2) is 18.2 Å². The number of pyridine rings is 1. The molecule has 0 amide bonds. The maximum absolute atomic E-state index is 6.32. The van der Waals surface area contributed by atoms with Gasteiger partial charge in [-0.1, -0.05) is 19.9 Å². The van der Waals surface area contributed by atoms with Gasteiger partial charge < -0.3 is 4.90 Å². The monoisotopic (exact) mass is 224 g/mol. The molecule has 0 N–H and O–H groups in total. The fourth-order valence-corrected chi connectivity index (χ4v) is 2.21. The molecule has 15 heavy (non-hydrogen) atoms. The van der Waals surface area contributed by atoms with Gasteiger partial charge in [-0.25, -0.2) is 4.98 Å². The highest BCUT2D eigenvalue weighted by Gasteiger charge is 2.38. The van der Waals surface area contributed by atoms with Gasteiger partial charge >= 0.3 is 0 Å². The fraction of sp³-hybridized carbons (Fsp3) is 0.583. The van der Waals surface area contributed by atoms with Crippen molar-refractivity contribution in [3.05, 3.63) is 23.9 Å². The first kappa shape index (κ1) is 10.7. The van der Waals surface area contributed by atoms with Crippen molar-refractivity contribution in [1.82, 2.24) is 4.98 Å². The Labute approximate surface area is 96.3 Å². The third-order valence-corrected chi connectivity index (χ3v) is 3.75. The molecule has 1 unspecified atom stereocenters. The van der Waals surface area contributed by atoms with E-state index in [1.165, 1.54) is 0 Å². The normalized spacial score (nSPS) is 24.5. The number of aromatic nitrogens is 1. The van der Waals surface area contributed by atoms with Crippen LogP contribution in [0.5, 0.6) is 0 Å². The summed E-state index contributed by atoms with van der Waals surface area (Å²) in [6, 6.07) is 6.12. The fourth-order valence-electron chi connectivity index (χ4n) is 1.98. The first-order valence-electron chi connectivity index (χ1n) is 5.32. The van der Waals surface area contributed by atoms with Crippen molar-refractivity contribution in [2.24, 2.45) is 5.41 Å². The van der Waals surface area contributed by atoms with Crippen LogP contribution in [0.25, 0.3) is 0 Å². The number of alkyl halides is 1. The summed E-state index contributed by atoms with van der Waals surface area (Å²) in [5.74, 6) is 1.05. The van der Waals surface area contributed by atoms with Crippen LogP contribution in [-0.4, -0.2) is 23.5 Å². The second-order valence-electron chi connectivity index (χ2n) is 4.97. The maximum atomic E-state index is 6.32. The van der Waals surface area contributed by atoms with Crippen LogP contribution in [-0.2, 0) is 0 Å². The summed E-state index contributed by atoms with van der Waals surface area (Å²) in [5, 5.41) is 0.208. The summed E-state index contributed by atoms with van der Waals surface area (Å²) in [6.07, 6.45) is 0. The molecule has 82 valence electrons. The second-order valence-corrected chi connectivity index (χ2v) is 5.50. The van der Waals surface area contributed by atoms with Crippen LogP contribution >= 0.6 is 11.6 Å². The lowest BCUT2D eigenvalue weighted by molar-refractivity contribution is 0.425. The molecule has 1 aliphatic heterocycles. The summed E-state index contributed by atoms with van der Waals surface area (Å²) >= 11 is 6.32. The van der Waals surface area contributed by atoms with Crippen molar-refractivity contribution in [2.75, 3.05) is 18.0 Å². The molecule has 0 saturated carbocycles. The van der Waals surface area contributed by atoms with Gasteiger partial charge in [-0.05, 0) is 19.1 Å². The van der Waals surface area contributed by atoms with E-state index in [2.05, 4.69) is 29.8 Å². The molecule has 1 aromatic rings. The smallest absolute Gasteiger partial charge is 0.128 e. The second kappa shape index (κ2) is 3.67. The molecule has 1 atom stereocenters. The van der Waals surface area contributed by atoms with Crippen LogP contribution in [0.4, 0.5) is 5.82 Å². The van der Waals surface area contributed by atoms with Gasteiger partial charge in [-0.3, -0.25) is 0 Å². The Hall–Kier alpha value is -0.760. The molecule has 0 aliphatic carbocycles. The molecule has 0 spiro atoms. The zero-order chi connectivity index (χ0) is 11.1. The molecule has 1 saturated heterocycles. The van der Waals surface area contributed by atoms with Crippen molar-refractivity contribution in [1.29, 1.82) is 0 Å². The maximum Gasteiger partial charge on any atom is 0.128 e. The van der Waals surface area contributed by atoms with Crippen LogP contribution < -0.4 is 4.90 Å². The third-order valence-electron chi connectivity index (χ3n) is 3.02. The summed E-state index contributed by atoms with van der Waals surface area (Å²) in [6.45, 7) is 8.31. The van der Waals surface area contributed by atoms with Crippen molar-refractivity contribution in [3.63, 3.8) is 0 Å². The minimum atomic E-state index is 0.174. The van der Waals surface area contributed by atoms with E-state index < -0.39 is 0 Å². The Morgan fingerprint density at radius 2 is 2.20 bits per heavy atom. The lowest BCUT2D eigenvalue weighted by atomic mass is 9.92. The molecule has 3 heteroatoms. The first-order valence-corrected chi connectivity index (χ1v) is 5.75. The topological polar surface area (TPSA) is 16.1 Å². The van der Waals surface area contributed by atoms with E-state index in [1.54, 1.807) is 0 Å². The minimum Gasteiger partial charge on any atom is -0.355 e. The van der Waals surface area contributed by atoms with Gasteiger partial charge in [0.25, 0.3) is 0 Å². The highest BCUT2D eigenvalue weighted by atomic mass is 35.5. The largest absolute Gasteiger partial charge is 0.355 e. The number of hydrogen-bond donors (Lipinski definition) is 0. The molecule has 0 radical (unpaired) electrons. The van der Waals surface area contributed by atoms with Crippen molar-refractivity contribution >= 4 is 17.4 Å². The molecule has 0 bridgehead atoms. The van der Waals surface area contributed by atoms with E-state index in [4.69, 9.17) is 11.6 Å². The number of hydrogen-bond acceptors (Lipinski definition) is 2. The van der Waals surface area contributed by atoms with E-state index in [-0.39, 0.29) is 10.8 Å². The molecule has 2 nitrogen and oxygen atoms in total. The summed E-state index contributed by atoms with van der Waals surface area (Å²) in [4.78, 5) is 6.79. The molecule has 1 aromatic heterocycles. The standard InChI is InChI=1S/C12H17ClN2/c1-9-5-4-6-11(14-9)15-7-10(13)12(2,3)8-15/h4-6,10H,7-8H2,1-3H3. The van der Waals surface area contributed by atoms with Gasteiger partial charge in [0.05, 0.1) is 5.38 Å². The third kappa shape index (κ3) is 2.10. The lowest BCUT2D eigenvalue weighted by Crippen LogP contribution is -2.24. The van der Waals surface area contributed by atoms with E-state index >= 15 is 0 Å². The Morgan fingerprint density at radius 1 is 1.47 bits per heavy atom. The predicted molar refractivity (Wildman–Crippen MR) is 64.6 cm³/mol. The minimum absolute atomic E-state index is 0.174. The Balaban J connectivity index is 2.21. The molecule has 2 heterocycles. The number of anilines is 1.